The van der Waals surface area contributed by atoms with E-state index in [1.54, 1.807) is 39.3 Å². The molecule has 0 fully saturated rings. The molecule has 0 heterocycles. The maximum atomic E-state index is 12.7. The predicted octanol–water partition coefficient (Wildman–Crippen LogP) is 2.01. The third-order valence-corrected chi connectivity index (χ3v) is 3.21. The second-order valence-corrected chi connectivity index (χ2v) is 5.01. The number of hydrogen-bond donors (Lipinski definition) is 2. The van der Waals surface area contributed by atoms with E-state index in [0.717, 1.165) is 0 Å². The molecule has 0 unspecified atom stereocenters. The Hall–Kier alpha value is -2.13. The molecule has 1 aromatic carbocycles. The van der Waals surface area contributed by atoms with Gasteiger partial charge in [-0.1, -0.05) is 12.1 Å². The lowest BCUT2D eigenvalue weighted by Gasteiger charge is -2.17. The number of nitrogens with one attached hydrogen (secondary N) is 2. The van der Waals surface area contributed by atoms with Crippen LogP contribution in [0.1, 0.15) is 12.5 Å². The molecule has 9 heteroatoms. The summed E-state index contributed by atoms with van der Waals surface area (Å²) in [6, 6.07) is 5.00. The molecule has 1 aromatic rings. The minimum Gasteiger partial charge on any atom is -0.490 e. The van der Waals surface area contributed by atoms with Crippen LogP contribution in [0, 0.1) is 0 Å². The van der Waals surface area contributed by atoms with Gasteiger partial charge in [-0.15, -0.1) is 0 Å². The fraction of sp³-hybridized carbons (Fsp3) is 0.588. The summed E-state index contributed by atoms with van der Waals surface area (Å²) < 4.78 is 45.7. The van der Waals surface area contributed by atoms with Crippen molar-refractivity contribution in [3.05, 3.63) is 23.8 Å². The lowest BCUT2D eigenvalue weighted by Crippen LogP contribution is -2.38. The van der Waals surface area contributed by atoms with E-state index in [4.69, 9.17) is 14.2 Å². The van der Waals surface area contributed by atoms with Gasteiger partial charge in [-0.3, -0.25) is 4.99 Å². The molecule has 26 heavy (non-hydrogen) atoms. The topological polar surface area (TPSA) is 73.3 Å². The van der Waals surface area contributed by atoms with E-state index in [2.05, 4.69) is 20.4 Å². The Kier molecular flexibility index (Phi) is 11.1. The molecular weight excluding hydrogens is 348 g/mol. The van der Waals surface area contributed by atoms with Crippen molar-refractivity contribution in [2.45, 2.75) is 20.1 Å². The van der Waals surface area contributed by atoms with Gasteiger partial charge in [0.05, 0.1) is 26.4 Å². The Labute approximate surface area is 152 Å². The van der Waals surface area contributed by atoms with Crippen molar-refractivity contribution in [2.24, 2.45) is 4.99 Å². The zero-order valence-corrected chi connectivity index (χ0v) is 15.4. The minimum atomic E-state index is -2.93. The number of halogens is 2. The lowest BCUT2D eigenvalue weighted by atomic mass is 10.2. The van der Waals surface area contributed by atoms with Crippen molar-refractivity contribution >= 4 is 5.96 Å². The fourth-order valence-corrected chi connectivity index (χ4v) is 2.08. The zero-order valence-electron chi connectivity index (χ0n) is 15.4. The van der Waals surface area contributed by atoms with Crippen LogP contribution in [0.3, 0.4) is 0 Å². The monoisotopic (exact) mass is 375 g/mol. The first kappa shape index (κ1) is 21.9. The lowest BCUT2D eigenvalue weighted by molar-refractivity contribution is -0.0520. The summed E-state index contributed by atoms with van der Waals surface area (Å²) in [4.78, 5) is 4.08. The smallest absolute Gasteiger partial charge is 0.387 e. The van der Waals surface area contributed by atoms with Gasteiger partial charge in [0.25, 0.3) is 0 Å². The van der Waals surface area contributed by atoms with Crippen LogP contribution in [0.25, 0.3) is 0 Å². The molecule has 0 saturated carbocycles. The standard InChI is InChI=1S/C17H27F2N3O4/c1-4-25-14-7-5-6-13(15(14)26-16(18)19)12-22-17(20-2)21-8-9-24-11-10-23-3/h5-7,16H,4,8-12H2,1-3H3,(H2,20,21,22). The van der Waals surface area contributed by atoms with E-state index in [-0.39, 0.29) is 18.0 Å². The van der Waals surface area contributed by atoms with Gasteiger partial charge < -0.3 is 29.6 Å². The number of para-hydroxylation sites is 1. The van der Waals surface area contributed by atoms with Crippen LogP contribution in [0.2, 0.25) is 0 Å². The maximum absolute atomic E-state index is 12.7. The highest BCUT2D eigenvalue weighted by atomic mass is 19.3. The average molecular weight is 375 g/mol. The van der Waals surface area contributed by atoms with Gasteiger partial charge >= 0.3 is 6.61 Å². The van der Waals surface area contributed by atoms with Crippen molar-refractivity contribution in [1.82, 2.24) is 10.6 Å². The SMILES string of the molecule is CCOc1cccc(CNC(=NC)NCCOCCOC)c1OC(F)F. The molecule has 1 rings (SSSR count). The normalized spacial score (nSPS) is 11.5. The molecule has 0 aliphatic carbocycles. The second-order valence-electron chi connectivity index (χ2n) is 5.01. The van der Waals surface area contributed by atoms with Crippen molar-refractivity contribution in [2.75, 3.05) is 47.1 Å². The summed E-state index contributed by atoms with van der Waals surface area (Å²) in [7, 11) is 3.23. The Bertz CT molecular complexity index is 545. The highest BCUT2D eigenvalue weighted by Gasteiger charge is 2.15. The molecule has 148 valence electrons. The summed E-state index contributed by atoms with van der Waals surface area (Å²) in [5.74, 6) is 0.821. The van der Waals surface area contributed by atoms with E-state index in [1.165, 1.54) is 0 Å². The molecule has 0 spiro atoms. The molecular formula is C17H27F2N3O4. The quantitative estimate of drug-likeness (QED) is 0.331. The molecule has 0 aliphatic heterocycles. The molecule has 0 aromatic heterocycles. The van der Waals surface area contributed by atoms with Gasteiger partial charge in [0.2, 0.25) is 0 Å². The first-order chi connectivity index (χ1) is 12.6. The molecule has 2 N–H and O–H groups in total. The summed E-state index contributed by atoms with van der Waals surface area (Å²) in [6.45, 7) is 1.52. The van der Waals surface area contributed by atoms with Crippen LogP contribution in [-0.4, -0.2) is 59.7 Å². The first-order valence-corrected chi connectivity index (χ1v) is 8.33. The molecule has 0 saturated heterocycles. The Morgan fingerprint density at radius 1 is 1.19 bits per heavy atom. The third-order valence-electron chi connectivity index (χ3n) is 3.21. The van der Waals surface area contributed by atoms with Crippen molar-refractivity contribution in [3.8, 4) is 11.5 Å². The third kappa shape index (κ3) is 8.30. The Balaban J connectivity index is 2.59. The summed E-state index contributed by atoms with van der Waals surface area (Å²) in [5, 5.41) is 6.12. The number of aliphatic imine (C=N–C) groups is 1. The van der Waals surface area contributed by atoms with Crippen LogP contribution >= 0.6 is 0 Å². The highest BCUT2D eigenvalue weighted by molar-refractivity contribution is 5.79. The average Bonchev–Trinajstić information content (AvgIpc) is 2.62. The number of nitrogens with zero attached hydrogens (tertiary/aromatic N) is 1. The van der Waals surface area contributed by atoms with Crippen molar-refractivity contribution < 1.29 is 27.7 Å². The van der Waals surface area contributed by atoms with Crippen LogP contribution in [-0.2, 0) is 16.0 Å². The van der Waals surface area contributed by atoms with Gasteiger partial charge in [-0.2, -0.15) is 8.78 Å². The summed E-state index contributed by atoms with van der Waals surface area (Å²) in [6.07, 6.45) is 0. The van der Waals surface area contributed by atoms with Crippen LogP contribution in [0.4, 0.5) is 8.78 Å². The van der Waals surface area contributed by atoms with Gasteiger partial charge in [0.1, 0.15) is 0 Å². The number of ether oxygens (including phenoxy) is 4. The largest absolute Gasteiger partial charge is 0.490 e. The molecule has 0 bridgehead atoms. The number of guanidine groups is 1. The molecule has 0 amide bonds. The number of alkyl halides is 2. The van der Waals surface area contributed by atoms with Crippen molar-refractivity contribution in [1.29, 1.82) is 0 Å². The molecule has 0 aliphatic rings. The number of methoxy groups -OCH3 is 1. The van der Waals surface area contributed by atoms with Crippen molar-refractivity contribution in [3.63, 3.8) is 0 Å². The minimum absolute atomic E-state index is 0.0233. The summed E-state index contributed by atoms with van der Waals surface area (Å²) >= 11 is 0. The van der Waals surface area contributed by atoms with Gasteiger partial charge in [-0.05, 0) is 13.0 Å². The molecule has 0 atom stereocenters. The van der Waals surface area contributed by atoms with Crippen LogP contribution < -0.4 is 20.1 Å². The van der Waals surface area contributed by atoms with E-state index < -0.39 is 6.61 Å². The van der Waals surface area contributed by atoms with Gasteiger partial charge in [0.15, 0.2) is 17.5 Å². The van der Waals surface area contributed by atoms with E-state index >= 15 is 0 Å². The van der Waals surface area contributed by atoms with Crippen LogP contribution in [0.15, 0.2) is 23.2 Å². The van der Waals surface area contributed by atoms with Crippen LogP contribution in [0.5, 0.6) is 11.5 Å². The van der Waals surface area contributed by atoms with Gasteiger partial charge in [-0.25, -0.2) is 0 Å². The molecule has 7 nitrogen and oxygen atoms in total. The van der Waals surface area contributed by atoms with E-state index in [0.29, 0.717) is 44.5 Å². The fourth-order valence-electron chi connectivity index (χ4n) is 2.08. The first-order valence-electron chi connectivity index (χ1n) is 8.33. The predicted molar refractivity (Wildman–Crippen MR) is 95.1 cm³/mol. The number of benzene rings is 1. The molecule has 0 radical (unpaired) electrons. The van der Waals surface area contributed by atoms with Gasteiger partial charge in [0, 0.05) is 32.8 Å². The second kappa shape index (κ2) is 13.1. The van der Waals surface area contributed by atoms with E-state index in [1.807, 2.05) is 0 Å². The number of rotatable bonds is 12. The van der Waals surface area contributed by atoms with E-state index in [9.17, 15) is 8.78 Å². The highest BCUT2D eigenvalue weighted by Crippen LogP contribution is 2.32. The summed E-state index contributed by atoms with van der Waals surface area (Å²) in [5.41, 5.74) is 0.538. The zero-order chi connectivity index (χ0) is 19.2. The number of hydrogen-bond acceptors (Lipinski definition) is 5. The Morgan fingerprint density at radius 3 is 2.65 bits per heavy atom. The Morgan fingerprint density at radius 2 is 2.00 bits per heavy atom. The maximum Gasteiger partial charge on any atom is 0.387 e.